The summed E-state index contributed by atoms with van der Waals surface area (Å²) >= 11 is 0. The summed E-state index contributed by atoms with van der Waals surface area (Å²) < 4.78 is 11.1. The van der Waals surface area contributed by atoms with E-state index in [1.54, 1.807) is 0 Å². The molecule has 0 saturated heterocycles. The molecule has 4 atom stereocenters. The lowest BCUT2D eigenvalue weighted by atomic mass is 9.82. The van der Waals surface area contributed by atoms with Crippen LogP contribution in [0.5, 0.6) is 0 Å². The highest BCUT2D eigenvalue weighted by Gasteiger charge is 2.43. The van der Waals surface area contributed by atoms with Gasteiger partial charge in [-0.25, -0.2) is 4.79 Å². The number of hydrogen-bond acceptors (Lipinski definition) is 4. The lowest BCUT2D eigenvalue weighted by molar-refractivity contribution is -0.0463. The maximum Gasteiger partial charge on any atom is 0.407 e. The molecule has 1 aliphatic carbocycles. The topological polar surface area (TPSA) is 59.6 Å². The smallest absolute Gasteiger partial charge is 0.407 e. The van der Waals surface area contributed by atoms with Crippen LogP contribution >= 0.6 is 0 Å². The van der Waals surface area contributed by atoms with Crippen LogP contribution in [0.3, 0.4) is 0 Å². The quantitative estimate of drug-likeness (QED) is 0.635. The van der Waals surface area contributed by atoms with Crippen LogP contribution in [0.2, 0.25) is 0 Å². The van der Waals surface area contributed by atoms with Gasteiger partial charge in [-0.1, -0.05) is 26.2 Å². The molecule has 0 bridgehead atoms. The Morgan fingerprint density at radius 3 is 2.52 bits per heavy atom. The molecule has 0 aromatic heterocycles. The molecular weight excluding hydrogens is 292 g/mol. The second-order valence-corrected chi connectivity index (χ2v) is 7.57. The van der Waals surface area contributed by atoms with Crippen molar-refractivity contribution in [2.75, 3.05) is 6.61 Å². The molecule has 0 aromatic carbocycles. The molecule has 4 unspecified atom stereocenters. The summed E-state index contributed by atoms with van der Waals surface area (Å²) in [6.45, 7) is 12.8. The SMILES string of the molecule is CCCCCC(C)NC1C(NC(=O)OC(C)(C)C)CC1OCC. The van der Waals surface area contributed by atoms with Crippen LogP contribution in [-0.4, -0.2) is 42.5 Å². The summed E-state index contributed by atoms with van der Waals surface area (Å²) in [7, 11) is 0. The molecule has 136 valence electrons. The highest BCUT2D eigenvalue weighted by Crippen LogP contribution is 2.26. The number of ether oxygens (including phenoxy) is 2. The molecule has 0 radical (unpaired) electrons. The molecule has 2 N–H and O–H groups in total. The lowest BCUT2D eigenvalue weighted by Crippen LogP contribution is -2.67. The first-order valence-corrected chi connectivity index (χ1v) is 9.14. The summed E-state index contributed by atoms with van der Waals surface area (Å²) in [6.07, 6.45) is 5.57. The van der Waals surface area contributed by atoms with Crippen molar-refractivity contribution in [1.29, 1.82) is 0 Å². The molecule has 0 aliphatic heterocycles. The van der Waals surface area contributed by atoms with Crippen molar-refractivity contribution >= 4 is 6.09 Å². The molecule has 5 heteroatoms. The van der Waals surface area contributed by atoms with E-state index in [1.807, 2.05) is 27.7 Å². The third-order valence-corrected chi connectivity index (χ3v) is 4.12. The predicted octanol–water partition coefficient (Wildman–Crippen LogP) is 3.62. The van der Waals surface area contributed by atoms with Gasteiger partial charge >= 0.3 is 6.09 Å². The lowest BCUT2D eigenvalue weighted by Gasteiger charge is -2.46. The minimum absolute atomic E-state index is 0.0787. The van der Waals surface area contributed by atoms with Crippen molar-refractivity contribution in [2.24, 2.45) is 0 Å². The number of carbonyl (C=O) groups is 1. The fraction of sp³-hybridized carbons (Fsp3) is 0.944. The van der Waals surface area contributed by atoms with Gasteiger partial charge in [0.1, 0.15) is 5.60 Å². The summed E-state index contributed by atoms with van der Waals surface area (Å²) in [5.74, 6) is 0. The van der Waals surface area contributed by atoms with Crippen molar-refractivity contribution < 1.29 is 14.3 Å². The Bertz CT molecular complexity index is 355. The predicted molar refractivity (Wildman–Crippen MR) is 93.7 cm³/mol. The molecule has 1 amide bonds. The zero-order chi connectivity index (χ0) is 17.5. The molecule has 1 fully saturated rings. The summed E-state index contributed by atoms with van der Waals surface area (Å²) in [5, 5.41) is 6.61. The second kappa shape index (κ2) is 9.48. The first kappa shape index (κ1) is 20.2. The van der Waals surface area contributed by atoms with E-state index < -0.39 is 5.60 Å². The largest absolute Gasteiger partial charge is 0.444 e. The second-order valence-electron chi connectivity index (χ2n) is 7.57. The highest BCUT2D eigenvalue weighted by atomic mass is 16.6. The molecule has 0 heterocycles. The van der Waals surface area contributed by atoms with Gasteiger partial charge in [-0.2, -0.15) is 0 Å². The van der Waals surface area contributed by atoms with E-state index >= 15 is 0 Å². The number of unbranched alkanes of at least 4 members (excludes halogenated alkanes) is 2. The van der Waals surface area contributed by atoms with Gasteiger partial charge in [0.2, 0.25) is 0 Å². The summed E-state index contributed by atoms with van der Waals surface area (Å²) in [4.78, 5) is 12.0. The molecule has 23 heavy (non-hydrogen) atoms. The van der Waals surface area contributed by atoms with E-state index in [0.29, 0.717) is 12.6 Å². The van der Waals surface area contributed by atoms with Crippen LogP contribution < -0.4 is 10.6 Å². The molecule has 5 nitrogen and oxygen atoms in total. The van der Waals surface area contributed by atoms with Gasteiger partial charge in [-0.05, 0) is 47.5 Å². The van der Waals surface area contributed by atoms with Crippen molar-refractivity contribution in [3.05, 3.63) is 0 Å². The van der Waals surface area contributed by atoms with Crippen molar-refractivity contribution in [3.8, 4) is 0 Å². The first-order chi connectivity index (χ1) is 10.8. The average Bonchev–Trinajstić information content (AvgIpc) is 2.42. The number of alkyl carbamates (subject to hydrolysis) is 1. The van der Waals surface area contributed by atoms with E-state index in [4.69, 9.17) is 9.47 Å². The third kappa shape index (κ3) is 7.53. The monoisotopic (exact) mass is 328 g/mol. The van der Waals surface area contributed by atoms with Gasteiger partial charge in [0.15, 0.2) is 0 Å². The zero-order valence-corrected chi connectivity index (χ0v) is 15.8. The minimum atomic E-state index is -0.469. The Kier molecular flexibility index (Phi) is 8.34. The van der Waals surface area contributed by atoms with Gasteiger partial charge in [-0.15, -0.1) is 0 Å². The number of amides is 1. The average molecular weight is 328 g/mol. The van der Waals surface area contributed by atoms with Crippen LogP contribution in [0, 0.1) is 0 Å². The number of rotatable bonds is 9. The van der Waals surface area contributed by atoms with E-state index in [2.05, 4.69) is 24.5 Å². The summed E-state index contributed by atoms with van der Waals surface area (Å²) in [6, 6.07) is 0.673. The van der Waals surface area contributed by atoms with Crippen LogP contribution in [0.1, 0.15) is 73.6 Å². The van der Waals surface area contributed by atoms with Crippen molar-refractivity contribution in [1.82, 2.24) is 10.6 Å². The number of hydrogen-bond donors (Lipinski definition) is 2. The minimum Gasteiger partial charge on any atom is -0.444 e. The Morgan fingerprint density at radius 2 is 1.96 bits per heavy atom. The van der Waals surface area contributed by atoms with E-state index in [1.165, 1.54) is 19.3 Å². The van der Waals surface area contributed by atoms with E-state index in [0.717, 1.165) is 12.8 Å². The van der Waals surface area contributed by atoms with Crippen LogP contribution in [-0.2, 0) is 9.47 Å². The molecule has 1 saturated carbocycles. The Balaban J connectivity index is 2.47. The van der Waals surface area contributed by atoms with Gasteiger partial charge in [-0.3, -0.25) is 0 Å². The highest BCUT2D eigenvalue weighted by molar-refractivity contribution is 5.68. The molecular formula is C18H36N2O3. The van der Waals surface area contributed by atoms with Gasteiger partial charge in [0.25, 0.3) is 0 Å². The van der Waals surface area contributed by atoms with Crippen LogP contribution in [0.25, 0.3) is 0 Å². The first-order valence-electron chi connectivity index (χ1n) is 9.14. The van der Waals surface area contributed by atoms with Crippen LogP contribution in [0.15, 0.2) is 0 Å². The van der Waals surface area contributed by atoms with Crippen molar-refractivity contribution in [2.45, 2.75) is 103 Å². The number of carbonyl (C=O) groups excluding carboxylic acids is 1. The molecule has 0 aromatic rings. The fourth-order valence-electron chi connectivity index (χ4n) is 2.94. The Labute approximate surface area is 141 Å². The molecule has 1 rings (SSSR count). The summed E-state index contributed by atoms with van der Waals surface area (Å²) in [5.41, 5.74) is -0.469. The van der Waals surface area contributed by atoms with Gasteiger partial charge in [0.05, 0.1) is 18.2 Å². The zero-order valence-electron chi connectivity index (χ0n) is 15.8. The fourth-order valence-corrected chi connectivity index (χ4v) is 2.94. The van der Waals surface area contributed by atoms with E-state index in [-0.39, 0.29) is 24.3 Å². The third-order valence-electron chi connectivity index (χ3n) is 4.12. The molecule has 1 aliphatic rings. The normalized spacial score (nSPS) is 25.6. The van der Waals surface area contributed by atoms with E-state index in [9.17, 15) is 4.79 Å². The Morgan fingerprint density at radius 1 is 1.26 bits per heavy atom. The maximum absolute atomic E-state index is 12.0. The van der Waals surface area contributed by atoms with Gasteiger partial charge in [0, 0.05) is 12.6 Å². The van der Waals surface area contributed by atoms with Gasteiger partial charge < -0.3 is 20.1 Å². The van der Waals surface area contributed by atoms with Crippen LogP contribution in [0.4, 0.5) is 4.79 Å². The maximum atomic E-state index is 12.0. The molecule has 0 spiro atoms. The standard InChI is InChI=1S/C18H36N2O3/c1-7-9-10-11-13(3)19-16-14(12-15(16)22-8-2)20-17(21)23-18(4,5)6/h13-16,19H,7-12H2,1-6H3,(H,20,21). The Hall–Kier alpha value is -0.810. The number of nitrogens with one attached hydrogen (secondary N) is 2. The van der Waals surface area contributed by atoms with Crippen molar-refractivity contribution in [3.63, 3.8) is 0 Å².